The van der Waals surface area contributed by atoms with Crippen LogP contribution < -0.4 is 0 Å². The Hall–Kier alpha value is 0.159. The minimum absolute atomic E-state index is 0. The maximum absolute atomic E-state index is 7.50. The first-order valence-corrected chi connectivity index (χ1v) is 4.29. The zero-order valence-corrected chi connectivity index (χ0v) is 12.9. The Labute approximate surface area is 135 Å². The van der Waals surface area contributed by atoms with E-state index in [-0.39, 0.29) is 34.1 Å². The van der Waals surface area contributed by atoms with E-state index < -0.39 is 0 Å². The van der Waals surface area contributed by atoms with Gasteiger partial charge in [0.15, 0.2) is 0 Å². The molecule has 9 heteroatoms. The molecular weight excluding hydrogens is 348 g/mol. The van der Waals surface area contributed by atoms with Crippen LogP contribution in [0.1, 0.15) is 6.42 Å². The summed E-state index contributed by atoms with van der Waals surface area (Å²) >= 11 is 6.64. The summed E-state index contributed by atoms with van der Waals surface area (Å²) < 4.78 is 15.0. The van der Waals surface area contributed by atoms with Crippen LogP contribution in [0.25, 0.3) is 0 Å². The SMILES string of the molecule is [C-]#N.[C-]#N.[C-]#[O+].[C-]#[O+].[CH2-]O.[Fe+2].[Fe+3].[SH2+]CCC[SH2+]. The van der Waals surface area contributed by atoms with Gasteiger partial charge < -0.3 is 28.8 Å². The summed E-state index contributed by atoms with van der Waals surface area (Å²) in [6, 6.07) is 0. The molecule has 0 fully saturated rings. The zero-order valence-electron chi connectivity index (χ0n) is 8.69. The average molecular weight is 361 g/mol. The third kappa shape index (κ3) is 695. The topological polar surface area (TPSA) is 108 Å². The Kier molecular flexibility index (Phi) is 1170. The van der Waals surface area contributed by atoms with Gasteiger partial charge in [0, 0.05) is 6.42 Å². The first-order valence-electron chi connectivity index (χ1n) is 2.88. The fourth-order valence-electron chi connectivity index (χ4n) is 0.0884. The molecule has 0 aliphatic carbocycles. The van der Waals surface area contributed by atoms with Crippen LogP contribution in [0.5, 0.6) is 0 Å². The van der Waals surface area contributed by atoms with Gasteiger partial charge in [-0.05, 0) is 25.3 Å². The van der Waals surface area contributed by atoms with Crippen molar-refractivity contribution < 1.29 is 48.5 Å². The summed E-state index contributed by atoms with van der Waals surface area (Å²) in [5.41, 5.74) is 0. The van der Waals surface area contributed by atoms with Gasteiger partial charge in [-0.25, -0.2) is 7.11 Å². The third-order valence-electron chi connectivity index (χ3n) is 0.354. The summed E-state index contributed by atoms with van der Waals surface area (Å²) in [4.78, 5) is 0. The van der Waals surface area contributed by atoms with Crippen molar-refractivity contribution in [1.82, 2.24) is 0 Å². The quantitative estimate of drug-likeness (QED) is 0.413. The summed E-state index contributed by atoms with van der Waals surface area (Å²) in [6.07, 6.45) is 1.22. The van der Waals surface area contributed by atoms with Crippen molar-refractivity contribution >= 4 is 25.3 Å². The summed E-state index contributed by atoms with van der Waals surface area (Å²) in [5, 5.41) is 19.2. The van der Waals surface area contributed by atoms with Crippen molar-refractivity contribution in [3.05, 3.63) is 33.6 Å². The van der Waals surface area contributed by atoms with Crippen molar-refractivity contribution in [3.8, 4) is 0 Å². The van der Waals surface area contributed by atoms with E-state index in [9.17, 15) is 0 Å². The molecule has 1 N–H and O–H groups in total. The Bertz CT molecular complexity index is 107. The van der Waals surface area contributed by atoms with Gasteiger partial charge in [-0.1, -0.05) is 0 Å². The Morgan fingerprint density at radius 1 is 0.882 bits per heavy atom. The van der Waals surface area contributed by atoms with Gasteiger partial charge in [0.05, 0.1) is 0 Å². The molecule has 0 aromatic heterocycles. The molecular formula is C8H13Fe2N2O3S2+4. The maximum Gasteiger partial charge on any atom is 3.00 e. The number of nitrogens with zero attached hydrogens (tertiary/aromatic N) is 2. The molecule has 17 heavy (non-hydrogen) atoms. The van der Waals surface area contributed by atoms with E-state index in [4.69, 9.17) is 38.1 Å². The van der Waals surface area contributed by atoms with Gasteiger partial charge in [-0.2, -0.15) is 0 Å². The van der Waals surface area contributed by atoms with Gasteiger partial charge in [0.2, 0.25) is 0 Å². The second-order valence-electron chi connectivity index (χ2n) is 0.854. The first-order chi connectivity index (χ1) is 7.41. The number of aliphatic hydroxyl groups is 1. The summed E-state index contributed by atoms with van der Waals surface area (Å²) in [7, 11) is 2.25. The molecule has 0 heterocycles. The predicted molar refractivity (Wildman–Crippen MR) is 59.7 cm³/mol. The van der Waals surface area contributed by atoms with Gasteiger partial charge in [0.1, 0.15) is 11.5 Å². The van der Waals surface area contributed by atoms with Crippen LogP contribution in [0.15, 0.2) is 0 Å². The molecule has 5 nitrogen and oxygen atoms in total. The maximum atomic E-state index is 7.50. The molecule has 0 aromatic carbocycles. The number of aliphatic hydroxyl groups excluding tert-OH is 1. The fraction of sp³-hybridized carbons (Fsp3) is 0.375. The van der Waals surface area contributed by atoms with Crippen molar-refractivity contribution in [2.24, 2.45) is 0 Å². The van der Waals surface area contributed by atoms with Gasteiger partial charge in [-0.15, -0.1) is 0 Å². The van der Waals surface area contributed by atoms with Crippen LogP contribution in [-0.2, 0) is 68.7 Å². The molecule has 1 radical (unpaired) electrons. The van der Waals surface area contributed by atoms with Crippen molar-refractivity contribution in [2.45, 2.75) is 6.42 Å². The minimum Gasteiger partial charge on any atom is -0.569 e. The van der Waals surface area contributed by atoms with Crippen LogP contribution in [0.2, 0.25) is 0 Å². The molecule has 0 aromatic rings. The Balaban J connectivity index is -0.00000001000. The van der Waals surface area contributed by atoms with Crippen LogP contribution in [0.3, 0.4) is 0 Å². The van der Waals surface area contributed by atoms with E-state index in [0.717, 1.165) is 11.5 Å². The standard InChI is InChI=1S/C3H8S2.2CN.CH3O.2CO.2Fe/c4-2-1-3-5;5*1-2;;/h4-5H,1-3H2;;;2H,1H2;;;;/q;3*-1;;;+2;+3/p+2. The largest absolute Gasteiger partial charge is 3.00 e. The smallest absolute Gasteiger partial charge is 0.569 e. The molecule has 0 unspecified atom stereocenters. The van der Waals surface area contributed by atoms with Crippen LogP contribution >= 0.6 is 0 Å². The molecule has 0 aliphatic rings. The van der Waals surface area contributed by atoms with E-state index in [2.05, 4.69) is 45.7 Å². The number of hydrogen-bond acceptors (Lipinski definition) is 3. The van der Waals surface area contributed by atoms with Gasteiger partial charge >= 0.3 is 56.7 Å². The predicted octanol–water partition coefficient (Wildman–Crippen LogP) is -0.337. The van der Waals surface area contributed by atoms with E-state index in [1.807, 2.05) is 0 Å². The molecule has 0 aliphatic heterocycles. The minimum atomic E-state index is 0. The zero-order chi connectivity index (χ0) is 14.1. The average Bonchev–Trinajstić information content (AvgIpc) is 2.42. The normalized spacial score (nSPS) is 3.29. The molecule has 0 atom stereocenters. The molecule has 0 bridgehead atoms. The number of hydrogen-bond donors (Lipinski definition) is 1. The Morgan fingerprint density at radius 2 is 1.00 bits per heavy atom. The summed E-state index contributed by atoms with van der Waals surface area (Å²) in [5.74, 6) is 2.20. The van der Waals surface area contributed by atoms with E-state index in [1.54, 1.807) is 0 Å². The second-order valence-corrected chi connectivity index (χ2v) is 1.85. The third-order valence-corrected chi connectivity index (χ3v) is 1.06. The van der Waals surface area contributed by atoms with Gasteiger partial charge in [-0.3, -0.25) is 0 Å². The van der Waals surface area contributed by atoms with Crippen LogP contribution in [-0.4, -0.2) is 16.6 Å². The van der Waals surface area contributed by atoms with Crippen LogP contribution in [0, 0.1) is 44.1 Å². The first kappa shape index (κ1) is 53.4. The van der Waals surface area contributed by atoms with Crippen molar-refractivity contribution in [2.75, 3.05) is 11.5 Å². The monoisotopic (exact) mass is 361 g/mol. The van der Waals surface area contributed by atoms with Gasteiger partial charge in [0.25, 0.3) is 0 Å². The second kappa shape index (κ2) is 372. The molecule has 97 valence electrons. The van der Waals surface area contributed by atoms with Crippen LogP contribution in [0.4, 0.5) is 0 Å². The van der Waals surface area contributed by atoms with E-state index in [1.165, 1.54) is 6.42 Å². The molecule has 0 spiro atoms. The van der Waals surface area contributed by atoms with E-state index in [0.29, 0.717) is 0 Å². The summed E-state index contributed by atoms with van der Waals surface area (Å²) in [6.45, 7) is 18.5. The van der Waals surface area contributed by atoms with Crippen molar-refractivity contribution in [1.29, 1.82) is 10.5 Å². The fourth-order valence-corrected chi connectivity index (χ4v) is 0.795. The molecule has 0 saturated carbocycles. The molecule has 0 saturated heterocycles. The Morgan fingerprint density at radius 3 is 1.00 bits per heavy atom. The molecule has 0 amide bonds. The number of rotatable bonds is 2. The van der Waals surface area contributed by atoms with E-state index >= 15 is 0 Å². The molecule has 0 rings (SSSR count). The van der Waals surface area contributed by atoms with Crippen molar-refractivity contribution in [3.63, 3.8) is 0 Å².